The zero-order valence-electron chi connectivity index (χ0n) is 20.1. The molecule has 1 aromatic heterocycles. The zero-order valence-corrected chi connectivity index (χ0v) is 23.3. The Labute approximate surface area is 234 Å². The van der Waals surface area contributed by atoms with Gasteiger partial charge in [0.25, 0.3) is 11.5 Å². The molecule has 6 rings (SSSR count). The molecule has 2 unspecified atom stereocenters. The molecule has 0 fully saturated rings. The first-order valence-electron chi connectivity index (χ1n) is 12.1. The van der Waals surface area contributed by atoms with Crippen LogP contribution in [0, 0.1) is 11.6 Å². The van der Waals surface area contributed by atoms with Gasteiger partial charge in [0.05, 0.1) is 22.8 Å². The lowest BCUT2D eigenvalue weighted by molar-refractivity contribution is -0.125. The van der Waals surface area contributed by atoms with Crippen molar-refractivity contribution >= 4 is 49.6 Å². The quantitative estimate of drug-likeness (QED) is 0.386. The van der Waals surface area contributed by atoms with Crippen LogP contribution in [0.5, 0.6) is 0 Å². The number of halogens is 4. The van der Waals surface area contributed by atoms with E-state index in [9.17, 15) is 18.4 Å². The highest BCUT2D eigenvalue weighted by Gasteiger charge is 2.35. The van der Waals surface area contributed by atoms with E-state index in [1.807, 2.05) is 6.08 Å². The molecule has 0 saturated carbocycles. The summed E-state index contributed by atoms with van der Waals surface area (Å²) in [4.78, 5) is 34.8. The number of aromatic nitrogens is 2. The fourth-order valence-corrected chi connectivity index (χ4v) is 5.47. The van der Waals surface area contributed by atoms with Crippen LogP contribution in [0.3, 0.4) is 0 Å². The Morgan fingerprint density at radius 2 is 1.53 bits per heavy atom. The van der Waals surface area contributed by atoms with Crippen LogP contribution < -0.4 is 10.9 Å². The third kappa shape index (κ3) is 5.35. The minimum Gasteiger partial charge on any atom is -0.355 e. The van der Waals surface area contributed by atoms with Gasteiger partial charge >= 0.3 is 0 Å². The molecule has 0 radical (unpaired) electrons. The van der Waals surface area contributed by atoms with Crippen molar-refractivity contribution in [2.24, 2.45) is 4.99 Å². The van der Waals surface area contributed by atoms with Crippen LogP contribution in [-0.2, 0) is 4.79 Å². The summed E-state index contributed by atoms with van der Waals surface area (Å²) in [6.45, 7) is 1.43. The van der Waals surface area contributed by atoms with E-state index in [0.717, 1.165) is 36.3 Å². The zero-order chi connectivity index (χ0) is 26.8. The highest BCUT2D eigenvalue weighted by molar-refractivity contribution is 9.12. The number of amides is 1. The Balaban J connectivity index is 0.000000155. The summed E-state index contributed by atoms with van der Waals surface area (Å²) in [5, 5.41) is 3.10. The average Bonchev–Trinajstić information content (AvgIpc) is 2.93. The first-order valence-corrected chi connectivity index (χ1v) is 13.7. The molecule has 2 aromatic carbocycles. The third-order valence-electron chi connectivity index (χ3n) is 6.65. The van der Waals surface area contributed by atoms with Crippen LogP contribution in [0.4, 0.5) is 14.7 Å². The van der Waals surface area contributed by atoms with Crippen molar-refractivity contribution in [3.05, 3.63) is 103 Å². The van der Waals surface area contributed by atoms with Crippen molar-refractivity contribution in [1.82, 2.24) is 14.5 Å². The number of nitrogens with zero attached hydrogens (tertiary/aromatic N) is 4. The second-order valence-electron chi connectivity index (χ2n) is 8.97. The van der Waals surface area contributed by atoms with Gasteiger partial charge in [0.15, 0.2) is 0 Å². The first kappa shape index (κ1) is 26.4. The smallest absolute Gasteiger partial charge is 0.269 e. The molecule has 0 bridgehead atoms. The molecule has 7 nitrogen and oxygen atoms in total. The minimum atomic E-state index is -0.280. The molecule has 1 N–H and O–H groups in total. The van der Waals surface area contributed by atoms with E-state index in [4.69, 9.17) is 0 Å². The first-order chi connectivity index (χ1) is 18.3. The predicted molar refractivity (Wildman–Crippen MR) is 148 cm³/mol. The van der Waals surface area contributed by atoms with Gasteiger partial charge in [-0.25, -0.2) is 13.8 Å². The number of rotatable bonds is 2. The molecule has 196 valence electrons. The molecule has 3 aromatic rings. The molecular weight excluding hydrogens is 624 g/mol. The number of hydrogen-bond donors (Lipinski definition) is 1. The molecule has 38 heavy (non-hydrogen) atoms. The van der Waals surface area contributed by atoms with Gasteiger partial charge in [-0.05, 0) is 80.1 Å². The number of carbonyl (C=O) groups excluding carboxylic acids is 1. The lowest BCUT2D eigenvalue weighted by Crippen LogP contribution is -2.44. The summed E-state index contributed by atoms with van der Waals surface area (Å²) in [5.74, 6) is 0.735. The van der Waals surface area contributed by atoms with Crippen molar-refractivity contribution in [3.8, 4) is 0 Å². The predicted octanol–water partition coefficient (Wildman–Crippen LogP) is 5.73. The topological polar surface area (TPSA) is 79.6 Å². The summed E-state index contributed by atoms with van der Waals surface area (Å²) in [5.41, 5.74) is 1.72. The molecule has 2 atom stereocenters. The molecule has 11 heteroatoms. The second kappa shape index (κ2) is 11.3. The monoisotopic (exact) mass is 645 g/mol. The largest absolute Gasteiger partial charge is 0.355 e. The number of nitrogens with one attached hydrogen (secondary N) is 1. The van der Waals surface area contributed by atoms with E-state index in [2.05, 4.69) is 47.2 Å². The maximum atomic E-state index is 13.0. The molecule has 0 aliphatic carbocycles. The molecular formula is C27H23Br2F2N5O2. The van der Waals surface area contributed by atoms with Crippen molar-refractivity contribution in [3.63, 3.8) is 0 Å². The molecule has 0 saturated heterocycles. The number of aliphatic imine (C=N–C) groups is 1. The molecule has 3 aliphatic heterocycles. The van der Waals surface area contributed by atoms with Crippen LogP contribution in [0.15, 0.2) is 79.5 Å². The number of carbonyl (C=O) groups is 1. The van der Waals surface area contributed by atoms with Gasteiger partial charge in [0.1, 0.15) is 21.9 Å². The highest BCUT2D eigenvalue weighted by atomic mass is 79.9. The SMILES string of the molecule is O=C1C(Br)=CCC2=NCCC(c3ccc(F)cc3)N12.O=c1c(Br)cnc2n1C(c1ccc(F)cc1)CCN2. The average molecular weight is 647 g/mol. The van der Waals surface area contributed by atoms with Gasteiger partial charge in [-0.3, -0.25) is 24.0 Å². The highest BCUT2D eigenvalue weighted by Crippen LogP contribution is 2.34. The van der Waals surface area contributed by atoms with Crippen molar-refractivity contribution in [1.29, 1.82) is 0 Å². The number of anilines is 1. The van der Waals surface area contributed by atoms with Gasteiger partial charge in [0.2, 0.25) is 5.95 Å². The van der Waals surface area contributed by atoms with E-state index < -0.39 is 0 Å². The van der Waals surface area contributed by atoms with Crippen LogP contribution in [-0.4, -0.2) is 39.3 Å². The number of fused-ring (bicyclic) bond motifs is 2. The minimum absolute atomic E-state index is 0.0538. The summed E-state index contributed by atoms with van der Waals surface area (Å²) in [6.07, 6.45) is 5.51. The van der Waals surface area contributed by atoms with Gasteiger partial charge in [0, 0.05) is 19.5 Å². The number of benzene rings is 2. The summed E-state index contributed by atoms with van der Waals surface area (Å²) < 4.78 is 28.6. The van der Waals surface area contributed by atoms with E-state index >= 15 is 0 Å². The Bertz CT molecular complexity index is 1470. The Kier molecular flexibility index (Phi) is 7.85. The second-order valence-corrected chi connectivity index (χ2v) is 10.7. The standard InChI is InChI=1S/C14H12BrFN2O.C13H11BrFN3O/c15-11-5-6-13-17-8-7-12(18(13)14(11)19)9-1-3-10(16)4-2-9;14-10-7-17-13-16-6-5-11(18(13)12(10)19)8-1-3-9(15)4-2-8/h1-5,12H,6-8H2;1-4,7,11H,5-6H2,(H,16,17). The van der Waals surface area contributed by atoms with Crippen molar-refractivity contribution < 1.29 is 13.6 Å². The lowest BCUT2D eigenvalue weighted by Gasteiger charge is -2.37. The molecule has 4 heterocycles. The van der Waals surface area contributed by atoms with Crippen molar-refractivity contribution in [2.75, 3.05) is 18.4 Å². The maximum absolute atomic E-state index is 13.0. The normalized spacial score (nSPS) is 20.2. The lowest BCUT2D eigenvalue weighted by atomic mass is 9.98. The fourth-order valence-electron chi connectivity index (χ4n) is 4.82. The summed E-state index contributed by atoms with van der Waals surface area (Å²) >= 11 is 6.48. The summed E-state index contributed by atoms with van der Waals surface area (Å²) in [7, 11) is 0. The molecule has 1 amide bonds. The maximum Gasteiger partial charge on any atom is 0.269 e. The van der Waals surface area contributed by atoms with E-state index in [0.29, 0.717) is 27.9 Å². The summed E-state index contributed by atoms with van der Waals surface area (Å²) in [6, 6.07) is 12.4. The Morgan fingerprint density at radius 3 is 2.18 bits per heavy atom. The van der Waals surface area contributed by atoms with Gasteiger partial charge in [-0.1, -0.05) is 30.3 Å². The van der Waals surface area contributed by atoms with Crippen LogP contribution in [0.2, 0.25) is 0 Å². The van der Waals surface area contributed by atoms with Crippen LogP contribution >= 0.6 is 31.9 Å². The van der Waals surface area contributed by atoms with Gasteiger partial charge in [-0.15, -0.1) is 0 Å². The Morgan fingerprint density at radius 1 is 0.895 bits per heavy atom. The third-order valence-corrected chi connectivity index (χ3v) is 7.85. The van der Waals surface area contributed by atoms with Crippen LogP contribution in [0.1, 0.15) is 42.5 Å². The number of amidine groups is 1. The van der Waals surface area contributed by atoms with Gasteiger partial charge < -0.3 is 5.32 Å². The molecule has 3 aliphatic rings. The van der Waals surface area contributed by atoms with E-state index in [1.54, 1.807) is 33.7 Å². The van der Waals surface area contributed by atoms with E-state index in [1.165, 1.54) is 30.5 Å². The number of hydrogen-bond acceptors (Lipinski definition) is 5. The van der Waals surface area contributed by atoms with E-state index in [-0.39, 0.29) is 35.2 Å². The van der Waals surface area contributed by atoms with Crippen LogP contribution in [0.25, 0.3) is 0 Å². The van der Waals surface area contributed by atoms with Crippen molar-refractivity contribution in [2.45, 2.75) is 31.3 Å². The van der Waals surface area contributed by atoms with Gasteiger partial charge in [-0.2, -0.15) is 0 Å². The fraction of sp³-hybridized carbons (Fsp3) is 0.259. The molecule has 0 spiro atoms. The Hall–Kier alpha value is -3.18.